The van der Waals surface area contributed by atoms with E-state index in [1.54, 1.807) is 6.20 Å². The second-order valence-electron chi connectivity index (χ2n) is 8.52. The highest BCUT2D eigenvalue weighted by Crippen LogP contribution is 2.29. The van der Waals surface area contributed by atoms with E-state index in [2.05, 4.69) is 32.2 Å². The summed E-state index contributed by atoms with van der Waals surface area (Å²) < 4.78 is 40.4. The number of aliphatic imine (C=N–C) groups is 1. The Morgan fingerprint density at radius 3 is 2.77 bits per heavy atom. The quantitative estimate of drug-likeness (QED) is 0.364. The molecule has 1 amide bonds. The van der Waals surface area contributed by atoms with Crippen LogP contribution in [0.5, 0.6) is 0 Å². The molecule has 0 radical (unpaired) electrons. The number of halogens is 3. The number of fused-ring (bicyclic) bond motifs is 1. The Bertz CT molecular complexity index is 1300. The average molecular weight is 483 g/mol. The van der Waals surface area contributed by atoms with Crippen molar-refractivity contribution in [3.05, 3.63) is 71.6 Å². The number of benzene rings is 1. The monoisotopic (exact) mass is 482 g/mol. The van der Waals surface area contributed by atoms with Gasteiger partial charge in [0.2, 0.25) is 0 Å². The SMILES string of the molecule is C=N/C=C(\C=C(/C)c1ccc2[nH]nc(C(=O)Nc3cncc(F)c3)c2c1)CN1CCC(F)(F)CC1. The molecular formula is C25H25F3N6O. The van der Waals surface area contributed by atoms with E-state index in [9.17, 15) is 18.0 Å². The summed E-state index contributed by atoms with van der Waals surface area (Å²) in [6, 6.07) is 6.72. The molecule has 2 aromatic heterocycles. The Morgan fingerprint density at radius 1 is 1.29 bits per heavy atom. The molecule has 182 valence electrons. The van der Waals surface area contributed by atoms with Crippen LogP contribution in [-0.4, -0.2) is 58.3 Å². The van der Waals surface area contributed by atoms with E-state index < -0.39 is 17.6 Å². The molecule has 0 bridgehead atoms. The van der Waals surface area contributed by atoms with Gasteiger partial charge in [-0.15, -0.1) is 0 Å². The van der Waals surface area contributed by atoms with Gasteiger partial charge in [-0.25, -0.2) is 13.2 Å². The molecule has 0 saturated carbocycles. The number of aromatic amines is 1. The fourth-order valence-corrected chi connectivity index (χ4v) is 4.00. The zero-order chi connectivity index (χ0) is 25.0. The van der Waals surface area contributed by atoms with Gasteiger partial charge < -0.3 is 5.32 Å². The average Bonchev–Trinajstić information content (AvgIpc) is 3.24. The normalized spacial score (nSPS) is 16.9. The standard InChI is InChI=1S/C25H25F3N6O/c1-16(9-17(12-29-2)15-34-7-5-25(27,28)6-8-34)18-3-4-22-21(10-18)23(33-32-22)24(35)31-20-11-19(26)13-30-14-20/h3-4,9-14H,2,5-8,15H2,1H3,(H,31,35)(H,32,33)/b16-9+,17-12+. The summed E-state index contributed by atoms with van der Waals surface area (Å²) in [7, 11) is 0. The number of hydrogen-bond acceptors (Lipinski definition) is 5. The van der Waals surface area contributed by atoms with E-state index in [0.717, 1.165) is 22.9 Å². The van der Waals surface area contributed by atoms with E-state index in [1.807, 2.05) is 36.1 Å². The van der Waals surface area contributed by atoms with Crippen molar-refractivity contribution >= 4 is 34.8 Å². The summed E-state index contributed by atoms with van der Waals surface area (Å²) in [6.07, 6.45) is 5.64. The number of anilines is 1. The maximum Gasteiger partial charge on any atom is 0.276 e. The summed E-state index contributed by atoms with van der Waals surface area (Å²) in [6.45, 7) is 6.55. The number of pyridine rings is 1. The van der Waals surface area contributed by atoms with Crippen molar-refractivity contribution in [3.63, 3.8) is 0 Å². The molecule has 10 heteroatoms. The van der Waals surface area contributed by atoms with Gasteiger partial charge in [0.05, 0.1) is 23.6 Å². The van der Waals surface area contributed by atoms with Gasteiger partial charge in [0.15, 0.2) is 5.69 Å². The van der Waals surface area contributed by atoms with Gasteiger partial charge >= 0.3 is 0 Å². The Hall–Kier alpha value is -3.79. The highest BCUT2D eigenvalue weighted by Gasteiger charge is 2.33. The van der Waals surface area contributed by atoms with Crippen LogP contribution in [0.2, 0.25) is 0 Å². The lowest BCUT2D eigenvalue weighted by molar-refractivity contribution is -0.0533. The molecule has 7 nitrogen and oxygen atoms in total. The molecule has 1 aliphatic heterocycles. The number of H-pyrrole nitrogens is 1. The third kappa shape index (κ3) is 6.02. The predicted molar refractivity (Wildman–Crippen MR) is 130 cm³/mol. The number of alkyl halides is 2. The van der Waals surface area contributed by atoms with E-state index in [4.69, 9.17) is 0 Å². The van der Waals surface area contributed by atoms with E-state index in [-0.39, 0.29) is 24.2 Å². The summed E-state index contributed by atoms with van der Waals surface area (Å²) in [4.78, 5) is 22.3. The van der Waals surface area contributed by atoms with Gasteiger partial charge in [-0.2, -0.15) is 5.10 Å². The zero-order valence-electron chi connectivity index (χ0n) is 19.2. The van der Waals surface area contributed by atoms with Crippen LogP contribution in [0.4, 0.5) is 18.9 Å². The molecule has 3 aromatic rings. The number of hydrogen-bond donors (Lipinski definition) is 2. The van der Waals surface area contributed by atoms with Crippen molar-refractivity contribution in [2.24, 2.45) is 4.99 Å². The van der Waals surface area contributed by atoms with Crippen molar-refractivity contribution in [1.29, 1.82) is 0 Å². The highest BCUT2D eigenvalue weighted by atomic mass is 19.3. The van der Waals surface area contributed by atoms with Crippen LogP contribution in [-0.2, 0) is 0 Å². The molecular weight excluding hydrogens is 457 g/mol. The van der Waals surface area contributed by atoms with Crippen molar-refractivity contribution in [2.75, 3.05) is 25.0 Å². The minimum Gasteiger partial charge on any atom is -0.319 e. The van der Waals surface area contributed by atoms with Crippen LogP contribution in [0.1, 0.15) is 35.8 Å². The number of amides is 1. The molecule has 0 spiro atoms. The lowest BCUT2D eigenvalue weighted by Crippen LogP contribution is -2.40. The van der Waals surface area contributed by atoms with Crippen LogP contribution in [0.15, 0.2) is 59.5 Å². The predicted octanol–water partition coefficient (Wildman–Crippen LogP) is 5.07. The number of piperidine rings is 1. The smallest absolute Gasteiger partial charge is 0.276 e. The summed E-state index contributed by atoms with van der Waals surface area (Å²) in [5.74, 6) is -3.66. The third-order valence-electron chi connectivity index (χ3n) is 5.85. The fraction of sp³-hybridized carbons (Fsp3) is 0.280. The molecule has 4 rings (SSSR count). The van der Waals surface area contributed by atoms with E-state index in [1.165, 1.54) is 12.3 Å². The zero-order valence-corrected chi connectivity index (χ0v) is 19.2. The lowest BCUT2D eigenvalue weighted by Gasteiger charge is -2.31. The molecule has 2 N–H and O–H groups in total. The second-order valence-corrected chi connectivity index (χ2v) is 8.52. The van der Waals surface area contributed by atoms with Crippen LogP contribution >= 0.6 is 0 Å². The number of aromatic nitrogens is 3. The summed E-state index contributed by atoms with van der Waals surface area (Å²) in [5.41, 5.74) is 3.64. The fourth-order valence-electron chi connectivity index (χ4n) is 4.00. The Balaban J connectivity index is 1.55. The van der Waals surface area contributed by atoms with Gasteiger partial charge in [-0.1, -0.05) is 12.1 Å². The van der Waals surface area contributed by atoms with Gasteiger partial charge in [-0.3, -0.25) is 24.8 Å². The third-order valence-corrected chi connectivity index (χ3v) is 5.85. The largest absolute Gasteiger partial charge is 0.319 e. The van der Waals surface area contributed by atoms with Crippen molar-refractivity contribution in [2.45, 2.75) is 25.7 Å². The van der Waals surface area contributed by atoms with Crippen LogP contribution in [0.25, 0.3) is 16.5 Å². The lowest BCUT2D eigenvalue weighted by atomic mass is 10.0. The van der Waals surface area contributed by atoms with E-state index >= 15 is 0 Å². The Kier molecular flexibility index (Phi) is 7.11. The first-order valence-corrected chi connectivity index (χ1v) is 11.1. The van der Waals surface area contributed by atoms with Crippen LogP contribution in [0.3, 0.4) is 0 Å². The number of allylic oxidation sites excluding steroid dienone is 1. The van der Waals surface area contributed by atoms with Crippen molar-refractivity contribution in [3.8, 4) is 0 Å². The molecule has 1 saturated heterocycles. The van der Waals surface area contributed by atoms with Crippen LogP contribution < -0.4 is 5.32 Å². The van der Waals surface area contributed by atoms with Gasteiger partial charge in [-0.05, 0) is 42.5 Å². The Labute approximate surface area is 200 Å². The molecule has 35 heavy (non-hydrogen) atoms. The minimum atomic E-state index is -2.60. The first-order valence-electron chi connectivity index (χ1n) is 11.1. The molecule has 1 aromatic carbocycles. The van der Waals surface area contributed by atoms with Crippen molar-refractivity contribution in [1.82, 2.24) is 20.1 Å². The summed E-state index contributed by atoms with van der Waals surface area (Å²) >= 11 is 0. The molecule has 1 aliphatic rings. The van der Waals surface area contributed by atoms with Gasteiger partial charge in [0.1, 0.15) is 5.82 Å². The topological polar surface area (TPSA) is 86.3 Å². The number of carbonyl (C=O) groups is 1. The minimum absolute atomic E-state index is 0.155. The molecule has 3 heterocycles. The first-order chi connectivity index (χ1) is 16.7. The number of likely N-dealkylation sites (tertiary alicyclic amines) is 1. The molecule has 0 atom stereocenters. The first kappa shape index (κ1) is 24.3. The summed E-state index contributed by atoms with van der Waals surface area (Å²) in [5, 5.41) is 10.2. The maximum atomic E-state index is 13.5. The van der Waals surface area contributed by atoms with E-state index in [0.29, 0.717) is 30.5 Å². The number of nitrogens with zero attached hydrogens (tertiary/aromatic N) is 4. The number of rotatable bonds is 7. The van der Waals surface area contributed by atoms with Crippen LogP contribution in [0, 0.1) is 5.82 Å². The van der Waals surface area contributed by atoms with Gasteiger partial charge in [0, 0.05) is 50.1 Å². The highest BCUT2D eigenvalue weighted by molar-refractivity contribution is 6.11. The molecule has 1 fully saturated rings. The maximum absolute atomic E-state index is 13.5. The van der Waals surface area contributed by atoms with Crippen molar-refractivity contribution < 1.29 is 18.0 Å². The number of carbonyl (C=O) groups excluding carboxylic acids is 1. The molecule has 0 unspecified atom stereocenters. The molecule has 0 aliphatic carbocycles. The number of nitrogens with one attached hydrogen (secondary N) is 2. The second kappa shape index (κ2) is 10.2. The Morgan fingerprint density at radius 2 is 2.06 bits per heavy atom. The van der Waals surface area contributed by atoms with Gasteiger partial charge in [0.25, 0.3) is 11.8 Å².